The highest BCUT2D eigenvalue weighted by atomic mass is 32.2. The first-order valence-electron chi connectivity index (χ1n) is 14.7. The number of nitrogen functional groups attached to an aromatic ring is 1. The lowest BCUT2D eigenvalue weighted by molar-refractivity contribution is 0.0526. The highest BCUT2D eigenvalue weighted by molar-refractivity contribution is 7.86. The highest BCUT2D eigenvalue weighted by Crippen LogP contribution is 2.30. The van der Waals surface area contributed by atoms with Crippen molar-refractivity contribution in [3.05, 3.63) is 89.0 Å². The second kappa shape index (κ2) is 15.9. The van der Waals surface area contributed by atoms with E-state index in [1.165, 1.54) is 24.3 Å². The number of carbonyl (C=O) groups excluding carboxylic acids is 4. The molecule has 0 atom stereocenters. The summed E-state index contributed by atoms with van der Waals surface area (Å²) in [5.74, 6) is -2.37. The maximum absolute atomic E-state index is 13.3. The van der Waals surface area contributed by atoms with Crippen LogP contribution in [0.5, 0.6) is 0 Å². The van der Waals surface area contributed by atoms with Crippen molar-refractivity contribution in [3.8, 4) is 11.1 Å². The van der Waals surface area contributed by atoms with Gasteiger partial charge in [0.15, 0.2) is 0 Å². The van der Waals surface area contributed by atoms with Crippen molar-refractivity contribution in [1.29, 1.82) is 5.41 Å². The highest BCUT2D eigenvalue weighted by Gasteiger charge is 2.24. The summed E-state index contributed by atoms with van der Waals surface area (Å²) in [4.78, 5) is 51.1. The van der Waals surface area contributed by atoms with Crippen LogP contribution in [-0.2, 0) is 19.0 Å². The minimum Gasteiger partial charge on any atom is -0.444 e. The third kappa shape index (κ3) is 11.6. The number of benzene rings is 3. The number of ether oxygens (including phenoxy) is 1. The fraction of sp³-hybridized carbons (Fsp3) is 0.303. The van der Waals surface area contributed by atoms with E-state index in [1.54, 1.807) is 63.2 Å². The van der Waals surface area contributed by atoms with Crippen LogP contribution in [0.15, 0.2) is 66.7 Å². The van der Waals surface area contributed by atoms with Crippen LogP contribution in [-0.4, -0.2) is 63.1 Å². The number of anilines is 1. The third-order valence-corrected chi connectivity index (χ3v) is 6.91. The summed E-state index contributed by atoms with van der Waals surface area (Å²) in [6.07, 6.45) is 2.22. The molecule has 0 fully saturated rings. The van der Waals surface area contributed by atoms with Gasteiger partial charge in [0.1, 0.15) is 11.4 Å². The van der Waals surface area contributed by atoms with Gasteiger partial charge in [0.05, 0.1) is 11.8 Å². The van der Waals surface area contributed by atoms with Gasteiger partial charge < -0.3 is 30.6 Å². The number of hydrogen-bond acceptors (Lipinski definition) is 9. The summed E-state index contributed by atoms with van der Waals surface area (Å²) in [7, 11) is -4.21. The molecule has 14 heteroatoms. The van der Waals surface area contributed by atoms with E-state index < -0.39 is 39.6 Å². The average molecular weight is 666 g/mol. The van der Waals surface area contributed by atoms with Crippen LogP contribution >= 0.6 is 0 Å². The predicted octanol–water partition coefficient (Wildman–Crippen LogP) is 4.43. The van der Waals surface area contributed by atoms with Gasteiger partial charge in [-0.3, -0.25) is 15.0 Å². The molecule has 0 spiro atoms. The van der Waals surface area contributed by atoms with Gasteiger partial charge in [-0.05, 0) is 93.6 Å². The Morgan fingerprint density at radius 3 is 2.00 bits per heavy atom. The molecule has 3 rings (SSSR count). The number of amides is 3. The molecule has 0 aliphatic heterocycles. The van der Waals surface area contributed by atoms with Gasteiger partial charge in [-0.2, -0.15) is 8.42 Å². The Morgan fingerprint density at radius 1 is 0.787 bits per heavy atom. The molecule has 0 unspecified atom stereocenters. The summed E-state index contributed by atoms with van der Waals surface area (Å²) >= 11 is 0. The first-order chi connectivity index (χ1) is 22.0. The first-order valence-corrected chi connectivity index (χ1v) is 16.5. The standard InChI is InChI=1S/C33H39N5O8S/c1-33(2,3)45-32(42)37-19-9-5-8-18-36-29(39)22-14-17-25(27(20-22)31(41)46-47(4,43)44)24-10-6-7-11-26(24)30(40)38-23-15-12-21(13-16-23)28(34)35/h6-7,10-17,20H,5,8-9,18-19H2,1-4H3,(H3,34,35)(H,36,39)(H,37,42)(H,38,40). The molecule has 0 saturated heterocycles. The van der Waals surface area contributed by atoms with Crippen molar-refractivity contribution >= 4 is 45.5 Å². The number of nitrogens with one attached hydrogen (secondary N) is 4. The van der Waals surface area contributed by atoms with Crippen LogP contribution in [0.4, 0.5) is 10.5 Å². The monoisotopic (exact) mass is 665 g/mol. The predicted molar refractivity (Wildman–Crippen MR) is 178 cm³/mol. The Hall–Kier alpha value is -5.24. The molecule has 3 aromatic carbocycles. The third-order valence-electron chi connectivity index (χ3n) is 6.45. The fourth-order valence-electron chi connectivity index (χ4n) is 4.35. The molecule has 0 aliphatic carbocycles. The zero-order valence-electron chi connectivity index (χ0n) is 26.6. The lowest BCUT2D eigenvalue weighted by Gasteiger charge is -2.19. The van der Waals surface area contributed by atoms with Gasteiger partial charge in [0, 0.05) is 35.5 Å². The summed E-state index contributed by atoms with van der Waals surface area (Å²) in [5, 5.41) is 15.7. The molecule has 47 heavy (non-hydrogen) atoms. The van der Waals surface area contributed by atoms with Crippen molar-refractivity contribution in [3.63, 3.8) is 0 Å². The van der Waals surface area contributed by atoms with Gasteiger partial charge in [0.25, 0.3) is 11.8 Å². The molecule has 0 aliphatic rings. The van der Waals surface area contributed by atoms with Gasteiger partial charge in [0.2, 0.25) is 0 Å². The van der Waals surface area contributed by atoms with Gasteiger partial charge in [-0.1, -0.05) is 24.3 Å². The zero-order valence-corrected chi connectivity index (χ0v) is 27.5. The molecule has 0 heterocycles. The quantitative estimate of drug-likeness (QED) is 0.0756. The van der Waals surface area contributed by atoms with E-state index >= 15 is 0 Å². The van der Waals surface area contributed by atoms with E-state index in [9.17, 15) is 27.6 Å². The molecule has 250 valence electrons. The number of amidine groups is 1. The van der Waals surface area contributed by atoms with Crippen molar-refractivity contribution in [2.24, 2.45) is 5.73 Å². The van der Waals surface area contributed by atoms with Gasteiger partial charge >= 0.3 is 22.2 Å². The lowest BCUT2D eigenvalue weighted by Crippen LogP contribution is -2.33. The topological polar surface area (TPSA) is 207 Å². The first kappa shape index (κ1) is 36.2. The van der Waals surface area contributed by atoms with Crippen LogP contribution in [0.25, 0.3) is 11.1 Å². The molecule has 0 saturated carbocycles. The Bertz CT molecular complexity index is 1750. The van der Waals surface area contributed by atoms with E-state index in [0.29, 0.717) is 43.6 Å². The van der Waals surface area contributed by atoms with E-state index in [1.807, 2.05) is 0 Å². The minimum atomic E-state index is -4.21. The van der Waals surface area contributed by atoms with E-state index in [-0.39, 0.29) is 33.7 Å². The smallest absolute Gasteiger partial charge is 0.407 e. The molecular weight excluding hydrogens is 626 g/mol. The van der Waals surface area contributed by atoms with Crippen molar-refractivity contribution in [2.45, 2.75) is 45.6 Å². The molecule has 13 nitrogen and oxygen atoms in total. The van der Waals surface area contributed by atoms with E-state index in [0.717, 1.165) is 6.26 Å². The van der Waals surface area contributed by atoms with Crippen LogP contribution < -0.4 is 21.7 Å². The molecule has 0 bridgehead atoms. The van der Waals surface area contributed by atoms with Gasteiger partial charge in [-0.25, -0.2) is 9.59 Å². The number of unbranched alkanes of at least 4 members (excludes halogenated alkanes) is 2. The Morgan fingerprint density at radius 2 is 1.38 bits per heavy atom. The average Bonchev–Trinajstić information content (AvgIpc) is 2.98. The normalized spacial score (nSPS) is 11.2. The van der Waals surface area contributed by atoms with E-state index in [4.69, 9.17) is 15.9 Å². The fourth-order valence-corrected chi connectivity index (χ4v) is 4.72. The maximum Gasteiger partial charge on any atom is 0.407 e. The van der Waals surface area contributed by atoms with Gasteiger partial charge in [-0.15, -0.1) is 0 Å². The van der Waals surface area contributed by atoms with Crippen LogP contribution in [0.3, 0.4) is 0 Å². The van der Waals surface area contributed by atoms with Crippen LogP contribution in [0.1, 0.15) is 76.7 Å². The minimum absolute atomic E-state index is 0.0771. The van der Waals surface area contributed by atoms with Crippen LogP contribution in [0.2, 0.25) is 0 Å². The zero-order chi connectivity index (χ0) is 34.8. The van der Waals surface area contributed by atoms with Crippen molar-refractivity contribution < 1.29 is 36.5 Å². The van der Waals surface area contributed by atoms with Crippen LogP contribution in [0, 0.1) is 5.41 Å². The maximum atomic E-state index is 13.3. The summed E-state index contributed by atoms with van der Waals surface area (Å²) < 4.78 is 33.5. The molecule has 3 amide bonds. The largest absolute Gasteiger partial charge is 0.444 e. The molecular formula is C33H39N5O8S. The molecule has 0 aromatic heterocycles. The van der Waals surface area contributed by atoms with Crippen molar-refractivity contribution in [2.75, 3.05) is 24.7 Å². The number of hydrogen-bond donors (Lipinski definition) is 5. The number of alkyl carbamates (subject to hydrolysis) is 1. The summed E-state index contributed by atoms with van der Waals surface area (Å²) in [6, 6.07) is 16.8. The molecule has 0 radical (unpaired) electrons. The Balaban J connectivity index is 1.76. The summed E-state index contributed by atoms with van der Waals surface area (Å²) in [5.41, 5.74) is 6.29. The summed E-state index contributed by atoms with van der Waals surface area (Å²) in [6.45, 7) is 6.06. The molecule has 6 N–H and O–H groups in total. The Labute approximate surface area is 273 Å². The van der Waals surface area contributed by atoms with E-state index in [2.05, 4.69) is 20.1 Å². The molecule has 3 aromatic rings. The second-order valence-electron chi connectivity index (χ2n) is 11.6. The lowest BCUT2D eigenvalue weighted by atomic mass is 9.93. The second-order valence-corrected chi connectivity index (χ2v) is 13.1. The number of nitrogens with two attached hydrogens (primary N) is 1. The number of rotatable bonds is 13. The Kier molecular flexibility index (Phi) is 12.2. The van der Waals surface area contributed by atoms with Crippen molar-refractivity contribution in [1.82, 2.24) is 10.6 Å². The number of carbonyl (C=O) groups is 4. The SMILES string of the molecule is CC(C)(C)OC(=O)NCCCCCNC(=O)c1ccc(-c2ccccc2C(=O)Nc2ccc(C(=N)N)cc2)c(C(=O)OS(C)(=O)=O)c1.